The summed E-state index contributed by atoms with van der Waals surface area (Å²) in [5.41, 5.74) is -0.0648. The maximum atomic E-state index is 10.7. The molecule has 2 rings (SSSR count). The maximum absolute atomic E-state index is 10.7. The van der Waals surface area contributed by atoms with Crippen LogP contribution >= 0.6 is 23.4 Å². The van der Waals surface area contributed by atoms with E-state index in [4.69, 9.17) is 11.6 Å². The first-order valence-corrected chi connectivity index (χ1v) is 7.86. The maximum Gasteiger partial charge on any atom is 0.289 e. The molecule has 1 atom stereocenters. The van der Waals surface area contributed by atoms with E-state index in [9.17, 15) is 10.1 Å². The molecule has 1 fully saturated rings. The highest BCUT2D eigenvalue weighted by Crippen LogP contribution is 2.30. The second-order valence-corrected chi connectivity index (χ2v) is 6.10. The Morgan fingerprint density at radius 3 is 3.00 bits per heavy atom. The number of halogens is 1. The molecule has 104 valence electrons. The quantitative estimate of drug-likeness (QED) is 0.633. The molecule has 0 aliphatic carbocycles. The van der Waals surface area contributed by atoms with Crippen molar-refractivity contribution in [3.05, 3.63) is 27.4 Å². The normalized spacial score (nSPS) is 20.1. The molecule has 0 spiro atoms. The Bertz CT molecular complexity index is 472. The van der Waals surface area contributed by atoms with Gasteiger partial charge in [0.05, 0.1) is 9.95 Å². The molecule has 1 aromatic rings. The summed E-state index contributed by atoms with van der Waals surface area (Å²) in [6.07, 6.45) is 6.89. The Morgan fingerprint density at radius 1 is 1.58 bits per heavy atom. The highest BCUT2D eigenvalue weighted by molar-refractivity contribution is 7.99. The van der Waals surface area contributed by atoms with Crippen molar-refractivity contribution in [3.63, 3.8) is 0 Å². The van der Waals surface area contributed by atoms with Crippen LogP contribution in [-0.2, 0) is 0 Å². The number of rotatable bonds is 3. The molecule has 5 nitrogen and oxygen atoms in total. The number of pyridine rings is 1. The second kappa shape index (κ2) is 6.43. The second-order valence-electron chi connectivity index (χ2n) is 4.56. The van der Waals surface area contributed by atoms with Crippen LogP contribution in [0.5, 0.6) is 0 Å². The van der Waals surface area contributed by atoms with E-state index in [-0.39, 0.29) is 5.69 Å². The molecule has 0 N–H and O–H groups in total. The molecule has 2 heterocycles. The van der Waals surface area contributed by atoms with Crippen molar-refractivity contribution in [1.29, 1.82) is 0 Å². The average molecular weight is 302 g/mol. The summed E-state index contributed by atoms with van der Waals surface area (Å²) in [5, 5.41) is 11.6. The summed E-state index contributed by atoms with van der Waals surface area (Å²) in [5.74, 6) is 0.660. The molecular formula is C12H16ClN3O2S. The Balaban J connectivity index is 2.22. The zero-order chi connectivity index (χ0) is 13.8. The summed E-state index contributed by atoms with van der Waals surface area (Å²) in [4.78, 5) is 16.5. The lowest BCUT2D eigenvalue weighted by molar-refractivity contribution is -0.385. The largest absolute Gasteiger partial charge is 0.354 e. The molecule has 1 saturated heterocycles. The highest BCUT2D eigenvalue weighted by Gasteiger charge is 2.21. The SMILES string of the molecule is CSC1CCCCN(c2ncc([N+](=O)[O-])cc2Cl)C1. The summed E-state index contributed by atoms with van der Waals surface area (Å²) < 4.78 is 0. The minimum absolute atomic E-state index is 0.0648. The minimum atomic E-state index is -0.476. The molecule has 1 aromatic heterocycles. The fourth-order valence-electron chi connectivity index (χ4n) is 2.24. The van der Waals surface area contributed by atoms with Crippen LogP contribution in [0.25, 0.3) is 0 Å². The molecule has 7 heteroatoms. The van der Waals surface area contributed by atoms with Gasteiger partial charge in [0, 0.05) is 24.4 Å². The number of anilines is 1. The molecule has 0 radical (unpaired) electrons. The fraction of sp³-hybridized carbons (Fsp3) is 0.583. The summed E-state index contributed by atoms with van der Waals surface area (Å²) >= 11 is 7.99. The van der Waals surface area contributed by atoms with Gasteiger partial charge in [-0.1, -0.05) is 18.0 Å². The lowest BCUT2D eigenvalue weighted by Crippen LogP contribution is -2.30. The van der Waals surface area contributed by atoms with Gasteiger partial charge >= 0.3 is 0 Å². The molecule has 0 amide bonds. The molecule has 0 saturated carbocycles. The van der Waals surface area contributed by atoms with Gasteiger partial charge in [0.1, 0.15) is 12.0 Å². The van der Waals surface area contributed by atoms with Gasteiger partial charge in [-0.2, -0.15) is 11.8 Å². The van der Waals surface area contributed by atoms with Crippen LogP contribution in [0.15, 0.2) is 12.3 Å². The molecule has 19 heavy (non-hydrogen) atoms. The van der Waals surface area contributed by atoms with Gasteiger partial charge in [0.2, 0.25) is 0 Å². The summed E-state index contributed by atoms with van der Waals surface area (Å²) in [7, 11) is 0. The number of hydrogen-bond acceptors (Lipinski definition) is 5. The number of aromatic nitrogens is 1. The van der Waals surface area contributed by atoms with E-state index in [2.05, 4.69) is 16.1 Å². The predicted molar refractivity (Wildman–Crippen MR) is 79.3 cm³/mol. The Kier molecular flexibility index (Phi) is 4.87. The molecule has 1 aliphatic heterocycles. The van der Waals surface area contributed by atoms with Crippen LogP contribution in [0.1, 0.15) is 19.3 Å². The van der Waals surface area contributed by atoms with Crippen molar-refractivity contribution in [2.75, 3.05) is 24.2 Å². The number of nitro groups is 1. The third-order valence-electron chi connectivity index (χ3n) is 3.28. The molecule has 0 aromatic carbocycles. The number of nitrogens with zero attached hydrogens (tertiary/aromatic N) is 3. The third-order valence-corrected chi connectivity index (χ3v) is 4.61. The molecule has 1 unspecified atom stereocenters. The standard InChI is InChI=1S/C12H16ClN3O2S/c1-19-10-4-2-3-5-15(8-10)12-11(13)6-9(7-14-12)16(17)18/h6-7,10H,2-5,8H2,1H3. The van der Waals surface area contributed by atoms with Crippen molar-refractivity contribution in [1.82, 2.24) is 4.98 Å². The topological polar surface area (TPSA) is 59.3 Å². The smallest absolute Gasteiger partial charge is 0.289 e. The van der Waals surface area contributed by atoms with E-state index in [0.717, 1.165) is 19.5 Å². The van der Waals surface area contributed by atoms with E-state index in [1.165, 1.54) is 25.1 Å². The van der Waals surface area contributed by atoms with Gasteiger partial charge in [0.15, 0.2) is 0 Å². The monoisotopic (exact) mass is 301 g/mol. The average Bonchev–Trinajstić information content (AvgIpc) is 2.63. The van der Waals surface area contributed by atoms with Gasteiger partial charge in [0.25, 0.3) is 5.69 Å². The summed E-state index contributed by atoms with van der Waals surface area (Å²) in [6.45, 7) is 1.80. The van der Waals surface area contributed by atoms with Crippen LogP contribution in [0.3, 0.4) is 0 Å². The van der Waals surface area contributed by atoms with Crippen LogP contribution in [0.4, 0.5) is 11.5 Å². The Morgan fingerprint density at radius 2 is 2.37 bits per heavy atom. The van der Waals surface area contributed by atoms with Gasteiger partial charge in [-0.3, -0.25) is 10.1 Å². The van der Waals surface area contributed by atoms with Crippen LogP contribution in [0.2, 0.25) is 5.02 Å². The predicted octanol–water partition coefficient (Wildman–Crippen LogP) is 3.37. The minimum Gasteiger partial charge on any atom is -0.354 e. The van der Waals surface area contributed by atoms with Crippen molar-refractivity contribution < 1.29 is 4.92 Å². The lowest BCUT2D eigenvalue weighted by Gasteiger charge is -2.25. The highest BCUT2D eigenvalue weighted by atomic mass is 35.5. The van der Waals surface area contributed by atoms with Crippen molar-refractivity contribution in [2.24, 2.45) is 0 Å². The van der Waals surface area contributed by atoms with Crippen molar-refractivity contribution in [3.8, 4) is 0 Å². The van der Waals surface area contributed by atoms with Gasteiger partial charge in [-0.25, -0.2) is 4.98 Å². The van der Waals surface area contributed by atoms with Crippen LogP contribution in [-0.4, -0.2) is 34.5 Å². The van der Waals surface area contributed by atoms with Gasteiger partial charge < -0.3 is 4.90 Å². The molecule has 0 bridgehead atoms. The summed E-state index contributed by atoms with van der Waals surface area (Å²) in [6, 6.07) is 1.38. The first kappa shape index (κ1) is 14.4. The van der Waals surface area contributed by atoms with Crippen LogP contribution in [0, 0.1) is 10.1 Å². The molecular weight excluding hydrogens is 286 g/mol. The van der Waals surface area contributed by atoms with Crippen molar-refractivity contribution in [2.45, 2.75) is 24.5 Å². The zero-order valence-corrected chi connectivity index (χ0v) is 12.3. The zero-order valence-electron chi connectivity index (χ0n) is 10.7. The van der Waals surface area contributed by atoms with Crippen molar-refractivity contribution >= 4 is 34.9 Å². The Hall–Kier alpha value is -1.01. The van der Waals surface area contributed by atoms with E-state index in [1.54, 1.807) is 0 Å². The molecule has 1 aliphatic rings. The fourth-order valence-corrected chi connectivity index (χ4v) is 3.25. The van der Waals surface area contributed by atoms with Gasteiger partial charge in [-0.05, 0) is 19.1 Å². The van der Waals surface area contributed by atoms with E-state index in [0.29, 0.717) is 16.1 Å². The van der Waals surface area contributed by atoms with Gasteiger partial charge in [-0.15, -0.1) is 0 Å². The first-order valence-electron chi connectivity index (χ1n) is 6.19. The Labute approximate surface area is 121 Å². The number of thioether (sulfide) groups is 1. The third kappa shape index (κ3) is 3.51. The van der Waals surface area contributed by atoms with E-state index < -0.39 is 4.92 Å². The van der Waals surface area contributed by atoms with E-state index >= 15 is 0 Å². The first-order chi connectivity index (χ1) is 9.11. The lowest BCUT2D eigenvalue weighted by atomic mass is 10.2. The van der Waals surface area contributed by atoms with Crippen LogP contribution < -0.4 is 4.90 Å². The number of hydrogen-bond donors (Lipinski definition) is 0. The van der Waals surface area contributed by atoms with E-state index in [1.807, 2.05) is 11.8 Å².